The van der Waals surface area contributed by atoms with Crippen LogP contribution < -0.4 is 21.5 Å². The molecule has 0 bridgehead atoms. The van der Waals surface area contributed by atoms with E-state index in [1.165, 1.54) is 17.7 Å². The molecular formula is C39H50N4O5S2. The monoisotopic (exact) mass is 718 g/mol. The third-order valence-electron chi connectivity index (χ3n) is 8.32. The number of hydrogen-bond acceptors (Lipinski definition) is 7. The van der Waals surface area contributed by atoms with Gasteiger partial charge in [0.1, 0.15) is 6.04 Å². The number of thioether (sulfide) groups is 1. The van der Waals surface area contributed by atoms with Crippen LogP contribution in [0.15, 0.2) is 102 Å². The molecule has 11 heteroatoms. The number of sulfonamides is 1. The van der Waals surface area contributed by atoms with Crippen molar-refractivity contribution in [1.29, 1.82) is 0 Å². The van der Waals surface area contributed by atoms with E-state index >= 15 is 0 Å². The van der Waals surface area contributed by atoms with Gasteiger partial charge in [0.25, 0.3) is 5.91 Å². The van der Waals surface area contributed by atoms with Gasteiger partial charge in [-0.15, -0.1) is 0 Å². The molecule has 0 heterocycles. The lowest BCUT2D eigenvalue weighted by Crippen LogP contribution is -2.41. The number of benzene rings is 4. The molecule has 0 saturated heterocycles. The molecule has 50 heavy (non-hydrogen) atoms. The number of aliphatic carboxylic acids is 1. The molecule has 0 radical (unpaired) electrons. The van der Waals surface area contributed by atoms with E-state index in [1.54, 1.807) is 23.9 Å². The molecule has 7 N–H and O–H groups in total. The zero-order valence-electron chi connectivity index (χ0n) is 29.1. The van der Waals surface area contributed by atoms with E-state index in [1.807, 2.05) is 55.6 Å². The fourth-order valence-electron chi connectivity index (χ4n) is 5.45. The lowest BCUT2D eigenvalue weighted by molar-refractivity contribution is -0.139. The Morgan fingerprint density at radius 1 is 0.880 bits per heavy atom. The molecule has 0 aliphatic carbocycles. The second kappa shape index (κ2) is 20.6. The normalized spacial score (nSPS) is 12.3. The number of nitrogens with one attached hydrogen (secondary N) is 2. The summed E-state index contributed by atoms with van der Waals surface area (Å²) in [6.07, 6.45) is 6.46. The number of unbranched alkanes of at least 4 members (excludes halogenated alkanes) is 1. The van der Waals surface area contributed by atoms with Crippen LogP contribution in [0.25, 0.3) is 11.1 Å². The van der Waals surface area contributed by atoms with Gasteiger partial charge in [-0.05, 0) is 102 Å². The fourth-order valence-corrected chi connectivity index (χ4v) is 6.44. The van der Waals surface area contributed by atoms with Crippen molar-refractivity contribution in [2.75, 3.05) is 18.6 Å². The van der Waals surface area contributed by atoms with Crippen LogP contribution in [0.1, 0.15) is 71.3 Å². The summed E-state index contributed by atoms with van der Waals surface area (Å²) in [6, 6.07) is 29.9. The number of rotatable bonds is 17. The SMILES string of the molecule is CCCCC(NCCc1ccccc1)c1ccc(C(=O)NC(CCSC)C(=O)O)c(-c2ccccc2C)c1.NCc1ccc(S(N)(=O)=O)cc1. The molecule has 0 fully saturated rings. The van der Waals surface area contributed by atoms with Crippen molar-refractivity contribution in [2.45, 2.75) is 69.5 Å². The predicted octanol–water partition coefficient (Wildman–Crippen LogP) is 6.45. The molecule has 4 aromatic rings. The van der Waals surface area contributed by atoms with Crippen LogP contribution in [0.3, 0.4) is 0 Å². The van der Waals surface area contributed by atoms with Gasteiger partial charge >= 0.3 is 5.97 Å². The second-order valence-corrected chi connectivity index (χ2v) is 14.6. The Bertz CT molecular complexity index is 1770. The van der Waals surface area contributed by atoms with Gasteiger partial charge < -0.3 is 21.5 Å². The topological polar surface area (TPSA) is 165 Å². The molecule has 0 spiro atoms. The molecule has 0 aliphatic heterocycles. The summed E-state index contributed by atoms with van der Waals surface area (Å²) in [5, 5.41) is 21.1. The van der Waals surface area contributed by atoms with Crippen molar-refractivity contribution in [3.8, 4) is 11.1 Å². The van der Waals surface area contributed by atoms with Crippen LogP contribution in [0.4, 0.5) is 0 Å². The molecule has 0 aliphatic rings. The maximum atomic E-state index is 13.4. The Morgan fingerprint density at radius 3 is 2.16 bits per heavy atom. The highest BCUT2D eigenvalue weighted by molar-refractivity contribution is 7.98. The maximum absolute atomic E-state index is 13.4. The summed E-state index contributed by atoms with van der Waals surface area (Å²) in [5.41, 5.74) is 12.0. The number of carboxylic acids is 1. The first-order valence-corrected chi connectivity index (χ1v) is 19.7. The van der Waals surface area contributed by atoms with Gasteiger partial charge in [0.05, 0.1) is 4.90 Å². The number of carbonyl (C=O) groups excluding carboxylic acids is 1. The maximum Gasteiger partial charge on any atom is 0.326 e. The number of primary sulfonamides is 1. The third kappa shape index (κ3) is 12.7. The average Bonchev–Trinajstić information content (AvgIpc) is 3.11. The smallest absolute Gasteiger partial charge is 0.326 e. The highest BCUT2D eigenvalue weighted by Crippen LogP contribution is 2.31. The lowest BCUT2D eigenvalue weighted by atomic mass is 9.90. The molecule has 4 aromatic carbocycles. The molecule has 9 nitrogen and oxygen atoms in total. The summed E-state index contributed by atoms with van der Waals surface area (Å²) >= 11 is 1.57. The standard InChI is InChI=1S/C32H40N2O3S.C7H10N2O2S/c1-4-5-15-29(33-20-18-24-12-7-6-8-13-24)25-16-17-27(28(22-25)26-14-10-9-11-23(26)2)31(35)34-30(32(36)37)19-21-38-3;8-5-6-1-3-7(4-2-6)12(9,10)11/h6-14,16-17,22,29-30,33H,4-5,15,18-21H2,1-3H3,(H,34,35)(H,36,37);1-4H,5,8H2,(H2,9,10,11). The minimum Gasteiger partial charge on any atom is -0.480 e. The van der Waals surface area contributed by atoms with Gasteiger partial charge in [-0.25, -0.2) is 18.4 Å². The fraction of sp³-hybridized carbons (Fsp3) is 0.333. The van der Waals surface area contributed by atoms with Crippen LogP contribution in [-0.2, 0) is 27.8 Å². The van der Waals surface area contributed by atoms with E-state index < -0.39 is 22.0 Å². The first-order chi connectivity index (χ1) is 24.0. The summed E-state index contributed by atoms with van der Waals surface area (Å²) in [7, 11) is -3.57. The van der Waals surface area contributed by atoms with Crippen molar-refractivity contribution in [3.05, 3.63) is 125 Å². The zero-order valence-corrected chi connectivity index (χ0v) is 30.7. The largest absolute Gasteiger partial charge is 0.480 e. The van der Waals surface area contributed by atoms with Crippen molar-refractivity contribution < 1.29 is 23.1 Å². The van der Waals surface area contributed by atoms with Gasteiger partial charge in [0.2, 0.25) is 10.0 Å². The summed E-state index contributed by atoms with van der Waals surface area (Å²) < 4.78 is 21.6. The van der Waals surface area contributed by atoms with Crippen molar-refractivity contribution in [1.82, 2.24) is 10.6 Å². The average molecular weight is 719 g/mol. The second-order valence-electron chi connectivity index (χ2n) is 12.0. The quantitative estimate of drug-likeness (QED) is 0.0831. The molecule has 0 aromatic heterocycles. The lowest BCUT2D eigenvalue weighted by Gasteiger charge is -2.22. The van der Waals surface area contributed by atoms with E-state index in [-0.39, 0.29) is 16.8 Å². The molecule has 4 rings (SSSR count). The van der Waals surface area contributed by atoms with E-state index in [2.05, 4.69) is 47.9 Å². The molecule has 2 atom stereocenters. The first kappa shape index (κ1) is 40.4. The van der Waals surface area contributed by atoms with Crippen molar-refractivity contribution in [3.63, 3.8) is 0 Å². The van der Waals surface area contributed by atoms with E-state index in [0.717, 1.165) is 60.0 Å². The molecule has 268 valence electrons. The molecule has 1 amide bonds. The highest BCUT2D eigenvalue weighted by Gasteiger charge is 2.23. The van der Waals surface area contributed by atoms with E-state index in [4.69, 9.17) is 10.9 Å². The Labute approximate surface area is 301 Å². The molecule has 2 unspecified atom stereocenters. The van der Waals surface area contributed by atoms with Crippen LogP contribution in [0, 0.1) is 6.92 Å². The minimum absolute atomic E-state index is 0.111. The molecular weight excluding hydrogens is 669 g/mol. The minimum atomic E-state index is -3.57. The zero-order chi connectivity index (χ0) is 36.5. The van der Waals surface area contributed by atoms with Gasteiger partial charge in [-0.2, -0.15) is 11.8 Å². The van der Waals surface area contributed by atoms with Crippen molar-refractivity contribution in [2.24, 2.45) is 10.9 Å². The van der Waals surface area contributed by atoms with Crippen LogP contribution >= 0.6 is 11.8 Å². The van der Waals surface area contributed by atoms with Gasteiger partial charge in [0, 0.05) is 18.2 Å². The third-order valence-corrected chi connectivity index (χ3v) is 9.89. The number of aryl methyl sites for hydroxylation is 1. The molecule has 0 saturated carbocycles. The van der Waals surface area contributed by atoms with Crippen molar-refractivity contribution >= 4 is 33.7 Å². The van der Waals surface area contributed by atoms with Gasteiger partial charge in [0.15, 0.2) is 0 Å². The highest BCUT2D eigenvalue weighted by atomic mass is 32.2. The Balaban J connectivity index is 0.000000474. The Kier molecular flexibility index (Phi) is 16.7. The number of hydrogen-bond donors (Lipinski definition) is 5. The first-order valence-electron chi connectivity index (χ1n) is 16.8. The number of carbonyl (C=O) groups is 2. The Hall–Kier alpha value is -4.00. The summed E-state index contributed by atoms with van der Waals surface area (Å²) in [4.78, 5) is 25.3. The number of amides is 1. The summed E-state index contributed by atoms with van der Waals surface area (Å²) in [6.45, 7) is 5.49. The summed E-state index contributed by atoms with van der Waals surface area (Å²) in [5.74, 6) is -0.705. The van der Waals surface area contributed by atoms with E-state index in [9.17, 15) is 23.1 Å². The van der Waals surface area contributed by atoms with Crippen LogP contribution in [-0.4, -0.2) is 50.0 Å². The van der Waals surface area contributed by atoms with Crippen LogP contribution in [0.2, 0.25) is 0 Å². The number of nitrogens with two attached hydrogens (primary N) is 2. The van der Waals surface area contributed by atoms with Gasteiger partial charge in [-0.3, -0.25) is 4.79 Å². The number of carboxylic acid groups (broad SMARTS) is 1. The van der Waals surface area contributed by atoms with E-state index in [0.29, 0.717) is 24.3 Å². The Morgan fingerprint density at radius 2 is 1.56 bits per heavy atom. The predicted molar refractivity (Wildman–Crippen MR) is 205 cm³/mol. The van der Waals surface area contributed by atoms with Crippen LogP contribution in [0.5, 0.6) is 0 Å². The van der Waals surface area contributed by atoms with Gasteiger partial charge in [-0.1, -0.05) is 92.6 Å².